The highest BCUT2D eigenvalue weighted by Gasteiger charge is 2.40. The quantitative estimate of drug-likeness (QED) is 0.305. The van der Waals surface area contributed by atoms with Gasteiger partial charge in [0.15, 0.2) is 5.65 Å². The first-order chi connectivity index (χ1) is 17.7. The van der Waals surface area contributed by atoms with Crippen LogP contribution in [0.15, 0.2) is 36.5 Å². The first kappa shape index (κ1) is 27.2. The van der Waals surface area contributed by atoms with Gasteiger partial charge in [-0.3, -0.25) is 15.0 Å². The van der Waals surface area contributed by atoms with Gasteiger partial charge in [0.25, 0.3) is 5.69 Å². The molecule has 1 atom stereocenters. The minimum absolute atomic E-state index is 0.0211. The van der Waals surface area contributed by atoms with Crippen molar-refractivity contribution in [2.75, 3.05) is 11.9 Å². The van der Waals surface area contributed by atoms with E-state index in [4.69, 9.17) is 14.5 Å². The summed E-state index contributed by atoms with van der Waals surface area (Å²) in [5.41, 5.74) is 1.12. The van der Waals surface area contributed by atoms with Crippen LogP contribution >= 0.6 is 0 Å². The van der Waals surface area contributed by atoms with Crippen molar-refractivity contribution in [1.82, 2.24) is 19.5 Å². The minimum Gasteiger partial charge on any atom is -0.472 e. The fraction of sp³-hybridized carbons (Fsp3) is 0.519. The summed E-state index contributed by atoms with van der Waals surface area (Å²) in [6.07, 6.45) is 2.58. The van der Waals surface area contributed by atoms with Gasteiger partial charge in [-0.25, -0.2) is 4.79 Å². The molecule has 1 aromatic carbocycles. The van der Waals surface area contributed by atoms with E-state index >= 15 is 0 Å². The van der Waals surface area contributed by atoms with Crippen LogP contribution in [0.3, 0.4) is 0 Å². The fourth-order valence-electron chi connectivity index (χ4n) is 4.46. The van der Waals surface area contributed by atoms with Gasteiger partial charge in [-0.15, -0.1) is 0 Å². The molecule has 0 radical (unpaired) electrons. The number of aromatic nitrogens is 3. The standard InChI is InChI=1S/C27H36N6O5/c1-17(2)21-15-28-32-22(29-18-9-8-10-19(13-18)33(35)36)14-23(30-24(21)32)37-20-11-12-27(6,7)31(16-20)25(34)38-26(3,4)5/h8-10,13-15,17,20,29H,11-12,16H2,1-7H3. The van der Waals surface area contributed by atoms with Crippen molar-refractivity contribution in [2.24, 2.45) is 0 Å². The molecule has 3 heterocycles. The summed E-state index contributed by atoms with van der Waals surface area (Å²) in [6.45, 7) is 14.1. The van der Waals surface area contributed by atoms with E-state index in [0.29, 0.717) is 29.6 Å². The average Bonchev–Trinajstić information content (AvgIpc) is 3.24. The Morgan fingerprint density at radius 2 is 2.00 bits per heavy atom. The van der Waals surface area contributed by atoms with Crippen molar-refractivity contribution in [3.05, 3.63) is 52.2 Å². The Morgan fingerprint density at radius 1 is 1.26 bits per heavy atom. The number of hydrogen-bond donors (Lipinski definition) is 1. The maximum Gasteiger partial charge on any atom is 0.410 e. The molecular formula is C27H36N6O5. The lowest BCUT2D eigenvalue weighted by molar-refractivity contribution is -0.384. The Labute approximate surface area is 222 Å². The van der Waals surface area contributed by atoms with E-state index in [0.717, 1.165) is 18.4 Å². The van der Waals surface area contributed by atoms with E-state index in [-0.39, 0.29) is 29.3 Å². The zero-order valence-corrected chi connectivity index (χ0v) is 23.0. The molecule has 1 aliphatic rings. The summed E-state index contributed by atoms with van der Waals surface area (Å²) < 4.78 is 13.7. The van der Waals surface area contributed by atoms with Crippen LogP contribution in [0, 0.1) is 10.1 Å². The van der Waals surface area contributed by atoms with Crippen LogP contribution in [-0.4, -0.2) is 54.3 Å². The van der Waals surface area contributed by atoms with Crippen LogP contribution in [0.2, 0.25) is 0 Å². The van der Waals surface area contributed by atoms with E-state index in [2.05, 4.69) is 24.3 Å². The van der Waals surface area contributed by atoms with Crippen LogP contribution < -0.4 is 10.1 Å². The minimum atomic E-state index is -0.601. The van der Waals surface area contributed by atoms with E-state index in [1.165, 1.54) is 12.1 Å². The number of anilines is 2. The monoisotopic (exact) mass is 524 g/mol. The predicted molar refractivity (Wildman–Crippen MR) is 144 cm³/mol. The molecule has 1 amide bonds. The lowest BCUT2D eigenvalue weighted by Crippen LogP contribution is -2.56. The summed E-state index contributed by atoms with van der Waals surface area (Å²) >= 11 is 0. The third-order valence-corrected chi connectivity index (χ3v) is 6.52. The summed E-state index contributed by atoms with van der Waals surface area (Å²) in [4.78, 5) is 30.3. The summed E-state index contributed by atoms with van der Waals surface area (Å²) in [6, 6.07) is 7.98. The van der Waals surface area contributed by atoms with Crippen molar-refractivity contribution >= 4 is 28.9 Å². The summed E-state index contributed by atoms with van der Waals surface area (Å²) in [5.74, 6) is 1.10. The lowest BCUT2D eigenvalue weighted by Gasteiger charge is -2.45. The molecule has 0 bridgehead atoms. The number of nitro groups is 1. The fourth-order valence-corrected chi connectivity index (χ4v) is 4.46. The number of nitrogens with zero attached hydrogens (tertiary/aromatic N) is 5. The third kappa shape index (κ3) is 5.98. The molecule has 1 N–H and O–H groups in total. The van der Waals surface area contributed by atoms with E-state index in [1.54, 1.807) is 33.8 Å². The number of amides is 1. The number of piperidine rings is 1. The molecule has 4 rings (SSSR count). The number of carbonyl (C=O) groups excluding carboxylic acids is 1. The second-order valence-electron chi connectivity index (χ2n) is 11.6. The molecular weight excluding hydrogens is 488 g/mol. The zero-order valence-electron chi connectivity index (χ0n) is 23.0. The van der Waals surface area contributed by atoms with E-state index in [9.17, 15) is 14.9 Å². The molecule has 1 aliphatic heterocycles. The van der Waals surface area contributed by atoms with Gasteiger partial charge in [0.2, 0.25) is 5.88 Å². The number of non-ortho nitro benzene ring substituents is 1. The maximum atomic E-state index is 13.0. The molecule has 0 aliphatic carbocycles. The molecule has 11 heteroatoms. The number of nitrogens with one attached hydrogen (secondary N) is 1. The first-order valence-corrected chi connectivity index (χ1v) is 12.8. The Kier molecular flexibility index (Phi) is 7.22. The molecule has 11 nitrogen and oxygen atoms in total. The third-order valence-electron chi connectivity index (χ3n) is 6.52. The van der Waals surface area contributed by atoms with Gasteiger partial charge in [-0.05, 0) is 59.4 Å². The summed E-state index contributed by atoms with van der Waals surface area (Å²) in [5, 5.41) is 19.0. The van der Waals surface area contributed by atoms with Crippen LogP contribution in [-0.2, 0) is 4.74 Å². The first-order valence-electron chi connectivity index (χ1n) is 12.8. The Hall–Kier alpha value is -3.89. The second kappa shape index (κ2) is 10.1. The zero-order chi connectivity index (χ0) is 27.8. The van der Waals surface area contributed by atoms with Crippen molar-refractivity contribution < 1.29 is 19.2 Å². The van der Waals surface area contributed by atoms with Gasteiger partial charge in [0, 0.05) is 35.0 Å². The van der Waals surface area contributed by atoms with Crippen LogP contribution in [0.5, 0.6) is 5.88 Å². The Bertz CT molecular complexity index is 1340. The number of benzene rings is 1. The van der Waals surface area contributed by atoms with Gasteiger partial charge in [0.05, 0.1) is 17.7 Å². The van der Waals surface area contributed by atoms with Crippen LogP contribution in [0.25, 0.3) is 5.65 Å². The van der Waals surface area contributed by atoms with Crippen LogP contribution in [0.1, 0.15) is 72.8 Å². The topological polar surface area (TPSA) is 124 Å². The van der Waals surface area contributed by atoms with E-state index < -0.39 is 10.5 Å². The molecule has 2 aromatic heterocycles. The highest BCUT2D eigenvalue weighted by atomic mass is 16.6. The molecule has 0 spiro atoms. The number of rotatable bonds is 6. The molecule has 38 heavy (non-hydrogen) atoms. The highest BCUT2D eigenvalue weighted by molar-refractivity contribution is 5.69. The van der Waals surface area contributed by atoms with Gasteiger partial charge < -0.3 is 14.8 Å². The molecule has 1 unspecified atom stereocenters. The second-order valence-corrected chi connectivity index (χ2v) is 11.6. The summed E-state index contributed by atoms with van der Waals surface area (Å²) in [7, 11) is 0. The average molecular weight is 525 g/mol. The number of nitro benzene ring substituents is 1. The van der Waals surface area contributed by atoms with Gasteiger partial charge in [0.1, 0.15) is 17.5 Å². The van der Waals surface area contributed by atoms with Crippen LogP contribution in [0.4, 0.5) is 22.0 Å². The Morgan fingerprint density at radius 3 is 2.66 bits per heavy atom. The molecule has 0 saturated carbocycles. The normalized spacial score (nSPS) is 17.5. The lowest BCUT2D eigenvalue weighted by atomic mass is 9.89. The smallest absolute Gasteiger partial charge is 0.410 e. The number of hydrogen-bond acceptors (Lipinski definition) is 8. The number of ether oxygens (including phenoxy) is 2. The number of likely N-dealkylation sites (tertiary alicyclic amines) is 1. The SMILES string of the molecule is CC(C)c1cnn2c(Nc3cccc([N+](=O)[O-])c3)cc(OC3CCC(C)(C)N(C(=O)OC(C)(C)C)C3)nc12. The van der Waals surface area contributed by atoms with Crippen molar-refractivity contribution in [2.45, 2.75) is 84.5 Å². The van der Waals surface area contributed by atoms with Crippen molar-refractivity contribution in [3.8, 4) is 5.88 Å². The predicted octanol–water partition coefficient (Wildman–Crippen LogP) is 6.06. The maximum absolute atomic E-state index is 13.0. The van der Waals surface area contributed by atoms with Crippen molar-refractivity contribution in [1.29, 1.82) is 0 Å². The highest BCUT2D eigenvalue weighted by Crippen LogP contribution is 2.33. The van der Waals surface area contributed by atoms with Gasteiger partial charge in [-0.2, -0.15) is 14.6 Å². The van der Waals surface area contributed by atoms with E-state index in [1.807, 2.05) is 34.6 Å². The number of carbonyl (C=O) groups is 1. The molecule has 1 saturated heterocycles. The van der Waals surface area contributed by atoms with Gasteiger partial charge >= 0.3 is 6.09 Å². The van der Waals surface area contributed by atoms with Gasteiger partial charge in [-0.1, -0.05) is 19.9 Å². The molecule has 204 valence electrons. The molecule has 3 aromatic rings. The van der Waals surface area contributed by atoms with Crippen molar-refractivity contribution in [3.63, 3.8) is 0 Å². The number of fused-ring (bicyclic) bond motifs is 1. The molecule has 1 fully saturated rings. The Balaban J connectivity index is 1.65. The largest absolute Gasteiger partial charge is 0.472 e.